The quantitative estimate of drug-likeness (QED) is 0.598. The lowest BCUT2D eigenvalue weighted by Crippen LogP contribution is -2.07. The van der Waals surface area contributed by atoms with Crippen molar-refractivity contribution in [1.29, 1.82) is 0 Å². The van der Waals surface area contributed by atoms with Gasteiger partial charge in [0.05, 0.1) is 5.60 Å². The maximum atomic E-state index is 9.65. The molecule has 0 aromatic carbocycles. The standard InChI is InChI=1S/C9H16O2/c1-2-3-5-9(11)7-8(9)4-6-10/h3,5,8,10-11H,2,4,6-7H2,1H3/b5-3+/t8-,9+/m1/s1. The molecule has 1 fully saturated rings. The molecule has 2 nitrogen and oxygen atoms in total. The van der Waals surface area contributed by atoms with Crippen LogP contribution < -0.4 is 0 Å². The van der Waals surface area contributed by atoms with Gasteiger partial charge in [-0.05, 0) is 25.2 Å². The maximum absolute atomic E-state index is 9.65. The number of aliphatic hydroxyl groups excluding tert-OH is 1. The van der Waals surface area contributed by atoms with Crippen molar-refractivity contribution >= 4 is 0 Å². The molecule has 0 heterocycles. The predicted octanol–water partition coefficient (Wildman–Crippen LogP) is 1.09. The first-order valence-electron chi connectivity index (χ1n) is 4.24. The SMILES string of the molecule is CC/C=C/[C@]1(O)C[C@H]1CCO. The van der Waals surface area contributed by atoms with Crippen LogP contribution in [0.15, 0.2) is 12.2 Å². The van der Waals surface area contributed by atoms with Gasteiger partial charge in [-0.15, -0.1) is 0 Å². The van der Waals surface area contributed by atoms with E-state index in [2.05, 4.69) is 0 Å². The number of hydrogen-bond donors (Lipinski definition) is 2. The minimum Gasteiger partial charge on any atom is -0.396 e. The molecule has 0 amide bonds. The first-order valence-corrected chi connectivity index (χ1v) is 4.24. The van der Waals surface area contributed by atoms with Crippen LogP contribution in [-0.4, -0.2) is 22.4 Å². The molecule has 0 unspecified atom stereocenters. The van der Waals surface area contributed by atoms with Gasteiger partial charge in [0.15, 0.2) is 0 Å². The summed E-state index contributed by atoms with van der Waals surface area (Å²) < 4.78 is 0. The number of rotatable bonds is 4. The molecule has 11 heavy (non-hydrogen) atoms. The van der Waals surface area contributed by atoms with Crippen molar-refractivity contribution in [2.75, 3.05) is 6.61 Å². The van der Waals surface area contributed by atoms with Crippen LogP contribution >= 0.6 is 0 Å². The van der Waals surface area contributed by atoms with Crippen LogP contribution in [0.3, 0.4) is 0 Å². The summed E-state index contributed by atoms with van der Waals surface area (Å²) >= 11 is 0. The average Bonchev–Trinajstić information content (AvgIpc) is 2.60. The number of aliphatic hydroxyl groups is 2. The highest BCUT2D eigenvalue weighted by atomic mass is 16.3. The lowest BCUT2D eigenvalue weighted by Gasteiger charge is -2.01. The van der Waals surface area contributed by atoms with Gasteiger partial charge < -0.3 is 10.2 Å². The first kappa shape index (κ1) is 8.75. The van der Waals surface area contributed by atoms with E-state index in [0.29, 0.717) is 5.92 Å². The van der Waals surface area contributed by atoms with E-state index in [0.717, 1.165) is 19.3 Å². The highest BCUT2D eigenvalue weighted by Crippen LogP contribution is 2.46. The molecule has 1 rings (SSSR count). The Morgan fingerprint density at radius 2 is 2.36 bits per heavy atom. The molecule has 2 atom stereocenters. The zero-order chi connectivity index (χ0) is 8.32. The van der Waals surface area contributed by atoms with Gasteiger partial charge >= 0.3 is 0 Å². The topological polar surface area (TPSA) is 40.5 Å². The molecule has 2 N–H and O–H groups in total. The Hall–Kier alpha value is -0.340. The van der Waals surface area contributed by atoms with Crippen molar-refractivity contribution in [1.82, 2.24) is 0 Å². The fourth-order valence-corrected chi connectivity index (χ4v) is 1.37. The Labute approximate surface area is 67.6 Å². The monoisotopic (exact) mass is 156 g/mol. The van der Waals surface area contributed by atoms with E-state index in [1.54, 1.807) is 0 Å². The molecule has 0 aromatic rings. The summed E-state index contributed by atoms with van der Waals surface area (Å²) in [6.45, 7) is 2.23. The summed E-state index contributed by atoms with van der Waals surface area (Å²) in [5.74, 6) is 0.301. The van der Waals surface area contributed by atoms with Crippen molar-refractivity contribution in [3.8, 4) is 0 Å². The van der Waals surface area contributed by atoms with Crippen molar-refractivity contribution in [3.63, 3.8) is 0 Å². The maximum Gasteiger partial charge on any atom is 0.0861 e. The van der Waals surface area contributed by atoms with Crippen molar-refractivity contribution in [2.45, 2.75) is 31.8 Å². The Kier molecular flexibility index (Phi) is 2.68. The molecule has 64 valence electrons. The van der Waals surface area contributed by atoms with Crippen LogP contribution in [-0.2, 0) is 0 Å². The average molecular weight is 156 g/mol. The summed E-state index contributed by atoms with van der Waals surface area (Å²) in [5.41, 5.74) is -0.571. The van der Waals surface area contributed by atoms with Crippen molar-refractivity contribution in [3.05, 3.63) is 12.2 Å². The van der Waals surface area contributed by atoms with E-state index in [1.807, 2.05) is 19.1 Å². The molecule has 0 radical (unpaired) electrons. The molecule has 1 aliphatic rings. The lowest BCUT2D eigenvalue weighted by molar-refractivity contribution is 0.169. The second-order valence-electron chi connectivity index (χ2n) is 3.22. The minimum atomic E-state index is -0.571. The number of allylic oxidation sites excluding steroid dienone is 1. The van der Waals surface area contributed by atoms with Gasteiger partial charge in [-0.1, -0.05) is 19.1 Å². The van der Waals surface area contributed by atoms with Gasteiger partial charge in [-0.2, -0.15) is 0 Å². The van der Waals surface area contributed by atoms with Crippen LogP contribution in [0.5, 0.6) is 0 Å². The first-order chi connectivity index (χ1) is 5.23. The molecule has 1 saturated carbocycles. The van der Waals surface area contributed by atoms with Crippen LogP contribution in [0.25, 0.3) is 0 Å². The van der Waals surface area contributed by atoms with Gasteiger partial charge in [0.1, 0.15) is 0 Å². The number of hydrogen-bond acceptors (Lipinski definition) is 2. The molecule has 0 aromatic heterocycles. The highest BCUT2D eigenvalue weighted by molar-refractivity contribution is 5.16. The van der Waals surface area contributed by atoms with E-state index in [1.165, 1.54) is 0 Å². The Morgan fingerprint density at radius 1 is 1.64 bits per heavy atom. The third-order valence-corrected chi connectivity index (χ3v) is 2.24. The predicted molar refractivity (Wildman–Crippen MR) is 44.2 cm³/mol. The largest absolute Gasteiger partial charge is 0.396 e. The van der Waals surface area contributed by atoms with Crippen LogP contribution in [0.1, 0.15) is 26.2 Å². The molecule has 1 aliphatic carbocycles. The fourth-order valence-electron chi connectivity index (χ4n) is 1.37. The molecular formula is C9H16O2. The molecule has 0 saturated heterocycles. The minimum absolute atomic E-state index is 0.187. The molecule has 0 bridgehead atoms. The van der Waals surface area contributed by atoms with E-state index < -0.39 is 5.60 Å². The summed E-state index contributed by atoms with van der Waals surface area (Å²) in [7, 11) is 0. The van der Waals surface area contributed by atoms with E-state index >= 15 is 0 Å². The lowest BCUT2D eigenvalue weighted by atomic mass is 10.2. The fraction of sp³-hybridized carbons (Fsp3) is 0.778. The molecular weight excluding hydrogens is 140 g/mol. The summed E-state index contributed by atoms with van der Waals surface area (Å²) in [5, 5.41) is 18.3. The zero-order valence-corrected chi connectivity index (χ0v) is 6.95. The van der Waals surface area contributed by atoms with Gasteiger partial charge in [-0.25, -0.2) is 0 Å². The third kappa shape index (κ3) is 2.04. The van der Waals surface area contributed by atoms with Crippen LogP contribution in [0.4, 0.5) is 0 Å². The molecule has 0 spiro atoms. The van der Waals surface area contributed by atoms with Crippen molar-refractivity contribution in [2.24, 2.45) is 5.92 Å². The summed E-state index contributed by atoms with van der Waals surface area (Å²) in [6, 6.07) is 0. The van der Waals surface area contributed by atoms with Gasteiger partial charge in [0.25, 0.3) is 0 Å². The molecule has 0 aliphatic heterocycles. The third-order valence-electron chi connectivity index (χ3n) is 2.24. The van der Waals surface area contributed by atoms with Gasteiger partial charge in [-0.3, -0.25) is 0 Å². The Balaban J connectivity index is 2.30. The highest BCUT2D eigenvalue weighted by Gasteiger charge is 2.49. The Morgan fingerprint density at radius 3 is 2.91 bits per heavy atom. The van der Waals surface area contributed by atoms with E-state index in [4.69, 9.17) is 5.11 Å². The van der Waals surface area contributed by atoms with E-state index in [9.17, 15) is 5.11 Å². The van der Waals surface area contributed by atoms with Crippen LogP contribution in [0, 0.1) is 5.92 Å². The van der Waals surface area contributed by atoms with Crippen molar-refractivity contribution < 1.29 is 10.2 Å². The summed E-state index contributed by atoms with van der Waals surface area (Å²) in [6.07, 6.45) is 6.37. The van der Waals surface area contributed by atoms with Crippen LogP contribution in [0.2, 0.25) is 0 Å². The van der Waals surface area contributed by atoms with E-state index in [-0.39, 0.29) is 6.61 Å². The zero-order valence-electron chi connectivity index (χ0n) is 6.95. The Bertz CT molecular complexity index is 154. The second-order valence-corrected chi connectivity index (χ2v) is 3.22. The molecule has 2 heteroatoms. The van der Waals surface area contributed by atoms with Gasteiger partial charge in [0, 0.05) is 6.61 Å². The second kappa shape index (κ2) is 3.37. The summed E-state index contributed by atoms with van der Waals surface area (Å²) in [4.78, 5) is 0. The van der Waals surface area contributed by atoms with Gasteiger partial charge in [0.2, 0.25) is 0 Å². The smallest absolute Gasteiger partial charge is 0.0861 e. The normalized spacial score (nSPS) is 36.5.